The predicted octanol–water partition coefficient (Wildman–Crippen LogP) is 1.75. The second kappa shape index (κ2) is 5.20. The number of aryl methyl sites for hydroxylation is 2. The molecule has 2 aliphatic heterocycles. The van der Waals surface area contributed by atoms with Crippen molar-refractivity contribution < 1.29 is 10.2 Å². The minimum atomic E-state index is -0.397. The van der Waals surface area contributed by atoms with Crippen molar-refractivity contribution in [3.63, 3.8) is 0 Å². The molecule has 4 heteroatoms. The zero-order valence-electron chi connectivity index (χ0n) is 13.3. The zero-order chi connectivity index (χ0) is 16.8. The van der Waals surface area contributed by atoms with Crippen molar-refractivity contribution in [1.82, 2.24) is 0 Å². The highest BCUT2D eigenvalue weighted by Gasteiger charge is 2.30. The zero-order valence-corrected chi connectivity index (χ0v) is 13.3. The van der Waals surface area contributed by atoms with E-state index in [1.807, 2.05) is 62.4 Å². The number of hydrogen-bond donors (Lipinski definition) is 0. The number of benzene rings is 2. The largest absolute Gasteiger partial charge is 0.858 e. The summed E-state index contributed by atoms with van der Waals surface area (Å²) in [6.45, 7) is 3.96. The molecule has 0 atom stereocenters. The summed E-state index contributed by atoms with van der Waals surface area (Å²) in [6, 6.07) is 15.2. The maximum atomic E-state index is 12.4. The van der Waals surface area contributed by atoms with Gasteiger partial charge >= 0.3 is 0 Å². The molecule has 0 fully saturated rings. The van der Waals surface area contributed by atoms with Gasteiger partial charge in [-0.25, -0.2) is 0 Å². The predicted molar refractivity (Wildman–Crippen MR) is 89.5 cm³/mol. The molecule has 0 radical (unpaired) electrons. The highest BCUT2D eigenvalue weighted by molar-refractivity contribution is 6.30. The Morgan fingerprint density at radius 2 is 0.917 bits per heavy atom. The smallest absolute Gasteiger partial charge is 0.0783 e. The molecule has 2 aromatic rings. The Labute approximate surface area is 139 Å². The second-order valence-electron chi connectivity index (χ2n) is 6.01. The molecule has 0 amide bonds. The van der Waals surface area contributed by atoms with Crippen LogP contribution in [0.15, 0.2) is 81.4 Å². The first-order valence-electron chi connectivity index (χ1n) is 7.70. The lowest BCUT2D eigenvalue weighted by Gasteiger charge is -2.10. The minimum Gasteiger partial charge on any atom is -0.858 e. The van der Waals surface area contributed by atoms with Gasteiger partial charge in [-0.3, -0.25) is 9.98 Å². The van der Waals surface area contributed by atoms with E-state index in [9.17, 15) is 10.2 Å². The fourth-order valence-corrected chi connectivity index (χ4v) is 2.92. The van der Waals surface area contributed by atoms with Crippen LogP contribution < -0.4 is 10.2 Å². The van der Waals surface area contributed by atoms with E-state index in [0.717, 1.165) is 22.3 Å². The Morgan fingerprint density at radius 1 is 0.583 bits per heavy atom. The topological polar surface area (TPSA) is 70.8 Å². The summed E-state index contributed by atoms with van der Waals surface area (Å²) in [5.41, 5.74) is 5.20. The van der Waals surface area contributed by atoms with Crippen LogP contribution >= 0.6 is 0 Å². The molecule has 118 valence electrons. The lowest BCUT2D eigenvalue weighted by Crippen LogP contribution is -2.11. The van der Waals surface area contributed by atoms with Crippen molar-refractivity contribution in [2.75, 3.05) is 0 Å². The summed E-state index contributed by atoms with van der Waals surface area (Å²) in [4.78, 5) is 8.24. The van der Waals surface area contributed by atoms with Crippen LogP contribution in [0.5, 0.6) is 0 Å². The van der Waals surface area contributed by atoms with Crippen molar-refractivity contribution in [1.29, 1.82) is 0 Å². The van der Waals surface area contributed by atoms with Crippen LogP contribution in [0, 0.1) is 13.8 Å². The van der Waals surface area contributed by atoms with Gasteiger partial charge in [0.2, 0.25) is 0 Å². The number of allylic oxidation sites excluding steroid dienone is 2. The van der Waals surface area contributed by atoms with E-state index < -0.39 is 11.8 Å². The Balaban J connectivity index is 1.77. The number of fused-ring (bicyclic) bond motifs is 1. The SMILES string of the molecule is Cc1ccc(C2=NC([O-])=C3C(c4ccc(C)cc4)=NC([O-])=C23)cc1. The van der Waals surface area contributed by atoms with E-state index in [2.05, 4.69) is 9.98 Å². The molecule has 0 aliphatic carbocycles. The highest BCUT2D eigenvalue weighted by Crippen LogP contribution is 2.35. The van der Waals surface area contributed by atoms with Gasteiger partial charge in [0, 0.05) is 22.3 Å². The molecule has 0 N–H and O–H groups in total. The van der Waals surface area contributed by atoms with Gasteiger partial charge in [0.05, 0.1) is 11.4 Å². The molecule has 0 saturated carbocycles. The van der Waals surface area contributed by atoms with E-state index >= 15 is 0 Å². The monoisotopic (exact) mass is 314 g/mol. The van der Waals surface area contributed by atoms with Gasteiger partial charge in [-0.15, -0.1) is 0 Å². The summed E-state index contributed by atoms with van der Waals surface area (Å²) in [7, 11) is 0. The van der Waals surface area contributed by atoms with Crippen LogP contribution in [-0.4, -0.2) is 11.4 Å². The fraction of sp³-hybridized carbons (Fsp3) is 0.100. The molecule has 2 aliphatic rings. The lowest BCUT2D eigenvalue weighted by molar-refractivity contribution is -0.306. The van der Waals surface area contributed by atoms with Gasteiger partial charge < -0.3 is 10.2 Å². The number of aliphatic imine (C=N–C) groups is 2. The Morgan fingerprint density at radius 3 is 1.25 bits per heavy atom. The Hall–Kier alpha value is -3.14. The van der Waals surface area contributed by atoms with Crippen LogP contribution in [0.1, 0.15) is 22.3 Å². The van der Waals surface area contributed by atoms with Gasteiger partial charge in [-0.1, -0.05) is 59.7 Å². The average molecular weight is 314 g/mol. The number of hydrogen-bond acceptors (Lipinski definition) is 4. The van der Waals surface area contributed by atoms with Gasteiger partial charge in [-0.05, 0) is 25.6 Å². The van der Waals surface area contributed by atoms with Crippen LogP contribution in [0.4, 0.5) is 0 Å². The molecule has 0 unspecified atom stereocenters. The van der Waals surface area contributed by atoms with E-state index in [1.165, 1.54) is 0 Å². The maximum Gasteiger partial charge on any atom is 0.0783 e. The number of rotatable bonds is 2. The molecule has 24 heavy (non-hydrogen) atoms. The molecule has 2 aromatic carbocycles. The van der Waals surface area contributed by atoms with Crippen molar-refractivity contribution in [2.24, 2.45) is 9.98 Å². The van der Waals surface area contributed by atoms with Crippen molar-refractivity contribution in [2.45, 2.75) is 13.8 Å². The lowest BCUT2D eigenvalue weighted by atomic mass is 9.94. The molecule has 0 aromatic heterocycles. The molecule has 4 rings (SSSR count). The Kier molecular flexibility index (Phi) is 3.13. The third kappa shape index (κ3) is 2.15. The van der Waals surface area contributed by atoms with Crippen LogP contribution in [0.2, 0.25) is 0 Å². The quantitative estimate of drug-likeness (QED) is 0.847. The normalized spacial score (nSPS) is 16.4. The van der Waals surface area contributed by atoms with Gasteiger partial charge in [0.25, 0.3) is 0 Å². The second-order valence-corrected chi connectivity index (χ2v) is 6.01. The summed E-state index contributed by atoms with van der Waals surface area (Å²) >= 11 is 0. The third-order valence-electron chi connectivity index (χ3n) is 4.23. The van der Waals surface area contributed by atoms with Crippen LogP contribution in [0.25, 0.3) is 0 Å². The van der Waals surface area contributed by atoms with E-state index in [0.29, 0.717) is 22.6 Å². The number of nitrogens with zero attached hydrogens (tertiary/aromatic N) is 2. The first-order chi connectivity index (χ1) is 11.5. The average Bonchev–Trinajstić information content (AvgIpc) is 3.08. The fourth-order valence-electron chi connectivity index (χ4n) is 2.92. The highest BCUT2D eigenvalue weighted by atomic mass is 16.3. The van der Waals surface area contributed by atoms with Crippen LogP contribution in [-0.2, 0) is 0 Å². The van der Waals surface area contributed by atoms with E-state index in [1.54, 1.807) is 0 Å². The first kappa shape index (κ1) is 14.5. The summed E-state index contributed by atoms with van der Waals surface area (Å²) in [5, 5.41) is 24.8. The first-order valence-corrected chi connectivity index (χ1v) is 7.70. The molecule has 0 spiro atoms. The van der Waals surface area contributed by atoms with E-state index in [-0.39, 0.29) is 0 Å². The van der Waals surface area contributed by atoms with Gasteiger partial charge in [-0.2, -0.15) is 0 Å². The molecular weight excluding hydrogens is 300 g/mol. The molecule has 2 heterocycles. The molecule has 4 nitrogen and oxygen atoms in total. The summed E-state index contributed by atoms with van der Waals surface area (Å²) in [5.74, 6) is -0.795. The summed E-state index contributed by atoms with van der Waals surface area (Å²) in [6.07, 6.45) is 0. The third-order valence-corrected chi connectivity index (χ3v) is 4.23. The van der Waals surface area contributed by atoms with Gasteiger partial charge in [0.1, 0.15) is 0 Å². The molecule has 0 saturated heterocycles. The molecular formula is C20H14N2O2-2. The van der Waals surface area contributed by atoms with E-state index in [4.69, 9.17) is 0 Å². The van der Waals surface area contributed by atoms with Crippen molar-refractivity contribution in [3.8, 4) is 0 Å². The van der Waals surface area contributed by atoms with Crippen LogP contribution in [0.3, 0.4) is 0 Å². The van der Waals surface area contributed by atoms with Crippen molar-refractivity contribution in [3.05, 3.63) is 93.7 Å². The maximum absolute atomic E-state index is 12.4. The Bertz CT molecular complexity index is 878. The summed E-state index contributed by atoms with van der Waals surface area (Å²) < 4.78 is 0. The van der Waals surface area contributed by atoms with Crippen molar-refractivity contribution >= 4 is 11.4 Å². The van der Waals surface area contributed by atoms with Gasteiger partial charge in [0.15, 0.2) is 0 Å². The standard InChI is InChI=1S/C20H16N2O2/c1-11-3-7-13(8-4-11)17-15-16(20(24)21-17)18(22-19(15)23)14-9-5-12(2)6-10-14/h3-10H,1-2H3,(H,21,24)(H,22,23)/p-2. The minimum absolute atomic E-state index is 0.319. The molecule has 0 bridgehead atoms.